The number of hydrogen-bond donors (Lipinski definition) is 3. The van der Waals surface area contributed by atoms with Crippen molar-refractivity contribution in [2.45, 2.75) is 45.4 Å². The van der Waals surface area contributed by atoms with E-state index < -0.39 is 11.2 Å². The number of phenolic OH excluding ortho intramolecular Hbond substituents is 2. The Morgan fingerprint density at radius 2 is 1.62 bits per heavy atom. The molecule has 2 aliphatic carbocycles. The summed E-state index contributed by atoms with van der Waals surface area (Å²) in [5.41, 5.74) is 0.983. The number of aliphatic hydroxyl groups excluding tert-OH is 1. The lowest BCUT2D eigenvalue weighted by Crippen LogP contribution is -2.43. The number of fused-ring (bicyclic) bond motifs is 3. The van der Waals surface area contributed by atoms with E-state index >= 15 is 0 Å². The molecule has 0 saturated heterocycles. The molecule has 0 amide bonds. The van der Waals surface area contributed by atoms with Crippen LogP contribution in [0.15, 0.2) is 23.5 Å². The highest BCUT2D eigenvalue weighted by atomic mass is 16.3. The second-order valence-electron chi connectivity index (χ2n) is 7.01. The predicted molar refractivity (Wildman–Crippen MR) is 78.7 cm³/mol. The van der Waals surface area contributed by atoms with E-state index in [1.165, 1.54) is 12.1 Å². The van der Waals surface area contributed by atoms with E-state index in [9.17, 15) is 20.1 Å². The highest BCUT2D eigenvalue weighted by Crippen LogP contribution is 2.56. The average molecular weight is 288 g/mol. The van der Waals surface area contributed by atoms with Crippen LogP contribution in [0.5, 0.6) is 11.5 Å². The molecule has 1 atom stereocenters. The Hall–Kier alpha value is -1.97. The van der Waals surface area contributed by atoms with Gasteiger partial charge >= 0.3 is 0 Å². The summed E-state index contributed by atoms with van der Waals surface area (Å²) in [5.74, 6) is -1.23. The van der Waals surface area contributed by atoms with Crippen LogP contribution >= 0.6 is 0 Å². The number of phenols is 2. The Morgan fingerprint density at radius 3 is 2.29 bits per heavy atom. The summed E-state index contributed by atoms with van der Waals surface area (Å²) in [6.45, 7) is 6.07. The molecule has 1 aromatic rings. The molecule has 0 heterocycles. The molecule has 0 aliphatic heterocycles. The number of aliphatic hydroxyl groups is 1. The first-order chi connectivity index (χ1) is 9.68. The summed E-state index contributed by atoms with van der Waals surface area (Å²) in [6, 6.07) is 2.73. The average Bonchev–Trinajstić information content (AvgIpc) is 2.37. The third-order valence-corrected chi connectivity index (χ3v) is 5.11. The van der Waals surface area contributed by atoms with Crippen molar-refractivity contribution in [3.05, 3.63) is 34.6 Å². The third-order valence-electron chi connectivity index (χ3n) is 5.11. The summed E-state index contributed by atoms with van der Waals surface area (Å²) in [7, 11) is 0. The van der Waals surface area contributed by atoms with Gasteiger partial charge < -0.3 is 15.3 Å². The monoisotopic (exact) mass is 288 g/mol. The van der Waals surface area contributed by atoms with Crippen LogP contribution in [0.25, 0.3) is 0 Å². The summed E-state index contributed by atoms with van der Waals surface area (Å²) in [4.78, 5) is 12.5. The predicted octanol–water partition coefficient (Wildman–Crippen LogP) is 3.57. The van der Waals surface area contributed by atoms with Crippen molar-refractivity contribution in [1.29, 1.82) is 0 Å². The van der Waals surface area contributed by atoms with Crippen molar-refractivity contribution >= 4 is 5.78 Å². The number of carbonyl (C=O) groups is 1. The van der Waals surface area contributed by atoms with Gasteiger partial charge in [-0.25, -0.2) is 0 Å². The number of aromatic hydroxyl groups is 2. The minimum atomic E-state index is -0.486. The molecule has 21 heavy (non-hydrogen) atoms. The van der Waals surface area contributed by atoms with Crippen LogP contribution in [-0.2, 0) is 5.41 Å². The van der Waals surface area contributed by atoms with Crippen molar-refractivity contribution in [3.63, 3.8) is 0 Å². The quantitative estimate of drug-likeness (QED) is 0.638. The van der Waals surface area contributed by atoms with E-state index in [-0.39, 0.29) is 28.2 Å². The standard InChI is InChI=1S/C17H20O4/c1-16(2)5-4-6-17(3)10-8-12(19)11(18)7-9(10)13(20)14(21)15(16)17/h7-8,18-19,21H,4-6H2,1-3H3. The van der Waals surface area contributed by atoms with Crippen LogP contribution in [0, 0.1) is 5.41 Å². The fourth-order valence-electron chi connectivity index (χ4n) is 4.19. The molecular weight excluding hydrogens is 268 g/mol. The van der Waals surface area contributed by atoms with E-state index in [0.29, 0.717) is 5.56 Å². The minimum Gasteiger partial charge on any atom is -0.504 e. The van der Waals surface area contributed by atoms with Crippen LogP contribution < -0.4 is 0 Å². The van der Waals surface area contributed by atoms with Crippen molar-refractivity contribution in [3.8, 4) is 11.5 Å². The number of allylic oxidation sites excluding steroid dienone is 2. The lowest BCUT2D eigenvalue weighted by Gasteiger charge is -2.48. The molecule has 0 aromatic heterocycles. The molecule has 112 valence electrons. The first-order valence-electron chi connectivity index (χ1n) is 7.24. The molecule has 0 radical (unpaired) electrons. The maximum absolute atomic E-state index is 12.5. The third kappa shape index (κ3) is 1.71. The highest BCUT2D eigenvalue weighted by molar-refractivity contribution is 6.11. The van der Waals surface area contributed by atoms with Crippen molar-refractivity contribution in [1.82, 2.24) is 0 Å². The van der Waals surface area contributed by atoms with Crippen LogP contribution in [0.2, 0.25) is 0 Å². The maximum Gasteiger partial charge on any atom is 0.227 e. The minimum absolute atomic E-state index is 0.195. The fraction of sp³-hybridized carbons (Fsp3) is 0.471. The van der Waals surface area contributed by atoms with E-state index in [4.69, 9.17) is 0 Å². The van der Waals surface area contributed by atoms with Gasteiger partial charge in [0.2, 0.25) is 5.78 Å². The SMILES string of the molecule is CC1(C)CCCC2(C)C1=C(O)C(=O)c1cc(O)c(O)cc12. The molecule has 1 fully saturated rings. The second-order valence-corrected chi connectivity index (χ2v) is 7.01. The lowest BCUT2D eigenvalue weighted by molar-refractivity contribution is 0.0940. The summed E-state index contributed by atoms with van der Waals surface area (Å²) in [5, 5.41) is 30.0. The van der Waals surface area contributed by atoms with Crippen molar-refractivity contribution in [2.75, 3.05) is 0 Å². The number of hydrogen-bond acceptors (Lipinski definition) is 4. The number of ketones is 1. The van der Waals surface area contributed by atoms with Gasteiger partial charge in [-0.1, -0.05) is 27.2 Å². The topological polar surface area (TPSA) is 77.8 Å². The number of carbonyl (C=O) groups excluding carboxylic acids is 1. The molecule has 1 unspecified atom stereocenters. The van der Waals surface area contributed by atoms with E-state index in [2.05, 4.69) is 0 Å². The van der Waals surface area contributed by atoms with Gasteiger partial charge in [0.15, 0.2) is 17.3 Å². The van der Waals surface area contributed by atoms with Crippen molar-refractivity contribution < 1.29 is 20.1 Å². The van der Waals surface area contributed by atoms with Crippen LogP contribution in [0.3, 0.4) is 0 Å². The largest absolute Gasteiger partial charge is 0.504 e. The molecule has 0 bridgehead atoms. The molecule has 3 rings (SSSR count). The maximum atomic E-state index is 12.5. The van der Waals surface area contributed by atoms with E-state index in [0.717, 1.165) is 24.8 Å². The Morgan fingerprint density at radius 1 is 1.00 bits per heavy atom. The molecule has 4 heteroatoms. The first-order valence-corrected chi connectivity index (χ1v) is 7.24. The highest BCUT2D eigenvalue weighted by Gasteiger charge is 2.50. The summed E-state index contributed by atoms with van der Waals surface area (Å²) >= 11 is 0. The van der Waals surface area contributed by atoms with Crippen molar-refractivity contribution in [2.24, 2.45) is 5.41 Å². The Bertz CT molecular complexity index is 684. The smallest absolute Gasteiger partial charge is 0.227 e. The molecule has 1 saturated carbocycles. The first kappa shape index (κ1) is 14.0. The van der Waals surface area contributed by atoms with Crippen LogP contribution in [0.1, 0.15) is 56.0 Å². The van der Waals surface area contributed by atoms with Gasteiger partial charge in [-0.2, -0.15) is 0 Å². The van der Waals surface area contributed by atoms with Gasteiger partial charge in [0.1, 0.15) is 0 Å². The van der Waals surface area contributed by atoms with Gasteiger partial charge in [-0.05, 0) is 41.5 Å². The molecule has 3 N–H and O–H groups in total. The summed E-state index contributed by atoms with van der Waals surface area (Å²) < 4.78 is 0. The Labute approximate surface area is 123 Å². The zero-order valence-electron chi connectivity index (χ0n) is 12.5. The van der Waals surface area contributed by atoms with Gasteiger partial charge in [0, 0.05) is 11.0 Å². The van der Waals surface area contributed by atoms with E-state index in [1.807, 2.05) is 20.8 Å². The molecular formula is C17H20O4. The van der Waals surface area contributed by atoms with Gasteiger partial charge in [-0.15, -0.1) is 0 Å². The zero-order chi connectivity index (χ0) is 15.6. The Kier molecular flexibility index (Phi) is 2.68. The van der Waals surface area contributed by atoms with E-state index in [1.54, 1.807) is 0 Å². The molecule has 4 nitrogen and oxygen atoms in total. The van der Waals surface area contributed by atoms with Gasteiger partial charge in [0.05, 0.1) is 0 Å². The molecule has 2 aliphatic rings. The number of rotatable bonds is 0. The number of Topliss-reactive ketones (excluding diaryl/α,β-unsaturated/α-hetero) is 1. The molecule has 1 aromatic carbocycles. The molecule has 0 spiro atoms. The second kappa shape index (κ2) is 4.03. The normalized spacial score (nSPS) is 27.3. The summed E-state index contributed by atoms with van der Waals surface area (Å²) in [6.07, 6.45) is 2.70. The van der Waals surface area contributed by atoms with Gasteiger partial charge in [0.25, 0.3) is 0 Å². The Balaban J connectivity index is 2.35. The lowest BCUT2D eigenvalue weighted by atomic mass is 9.55. The van der Waals surface area contributed by atoms with Crippen LogP contribution in [0.4, 0.5) is 0 Å². The van der Waals surface area contributed by atoms with Crippen LogP contribution in [-0.4, -0.2) is 21.1 Å². The zero-order valence-corrected chi connectivity index (χ0v) is 12.5. The number of benzene rings is 1. The van der Waals surface area contributed by atoms with Gasteiger partial charge in [-0.3, -0.25) is 4.79 Å². The fourth-order valence-corrected chi connectivity index (χ4v) is 4.19.